The van der Waals surface area contributed by atoms with Gasteiger partial charge in [0.15, 0.2) is 0 Å². The predicted molar refractivity (Wildman–Crippen MR) is 162 cm³/mol. The molecule has 12 heteroatoms. The van der Waals surface area contributed by atoms with Crippen molar-refractivity contribution in [3.63, 3.8) is 0 Å². The fourth-order valence-corrected chi connectivity index (χ4v) is 6.11. The second-order valence-corrected chi connectivity index (χ2v) is 13.3. The number of hydrogen-bond acceptors (Lipinski definition) is 6. The number of anilines is 3. The smallest absolute Gasteiger partial charge is 0.262 e. The monoisotopic (exact) mass is 613 g/mol. The summed E-state index contributed by atoms with van der Waals surface area (Å²) in [6.45, 7) is 1.90. The maximum Gasteiger partial charge on any atom is 0.262 e. The van der Waals surface area contributed by atoms with E-state index < -0.39 is 26.0 Å². The molecule has 0 aliphatic carbocycles. The number of sulfonamides is 2. The summed E-state index contributed by atoms with van der Waals surface area (Å²) in [5, 5.41) is 3.15. The average Bonchev–Trinajstić information content (AvgIpc) is 2.91. The van der Waals surface area contributed by atoms with Crippen molar-refractivity contribution in [2.75, 3.05) is 27.7 Å². The van der Waals surface area contributed by atoms with Crippen LogP contribution in [0, 0.1) is 6.92 Å². The normalized spacial score (nSPS) is 11.5. The maximum absolute atomic E-state index is 12.9. The van der Waals surface area contributed by atoms with Gasteiger partial charge in [-0.1, -0.05) is 35.9 Å². The minimum Gasteiger partial charge on any atom is -0.495 e. The Hall–Kier alpha value is -4.06. The van der Waals surface area contributed by atoms with Crippen LogP contribution >= 0.6 is 11.6 Å². The third kappa shape index (κ3) is 7.57. The summed E-state index contributed by atoms with van der Waals surface area (Å²) >= 11 is 6.04. The molecule has 4 aromatic carbocycles. The Bertz CT molecular complexity index is 1780. The van der Waals surface area contributed by atoms with Crippen LogP contribution in [0.25, 0.3) is 0 Å². The molecule has 2 N–H and O–H groups in total. The van der Waals surface area contributed by atoms with Crippen LogP contribution in [0.2, 0.25) is 5.02 Å². The van der Waals surface area contributed by atoms with Crippen molar-refractivity contribution in [3.05, 3.63) is 113 Å². The number of nitrogens with zero attached hydrogens (tertiary/aromatic N) is 1. The Labute approximate surface area is 244 Å². The zero-order valence-corrected chi connectivity index (χ0v) is 24.8. The number of rotatable bonds is 10. The molecule has 4 rings (SSSR count). The third-order valence-electron chi connectivity index (χ3n) is 6.06. The molecule has 4 aromatic rings. The van der Waals surface area contributed by atoms with Gasteiger partial charge < -0.3 is 10.1 Å². The number of halogens is 1. The number of hydrogen-bond donors (Lipinski definition) is 2. The van der Waals surface area contributed by atoms with Gasteiger partial charge in [-0.15, -0.1) is 0 Å². The second kappa shape index (κ2) is 12.2. The van der Waals surface area contributed by atoms with E-state index in [4.69, 9.17) is 16.3 Å². The van der Waals surface area contributed by atoms with Gasteiger partial charge in [0.05, 0.1) is 36.2 Å². The predicted octanol–water partition coefficient (Wildman–Crippen LogP) is 5.68. The van der Waals surface area contributed by atoms with Gasteiger partial charge in [0.1, 0.15) is 5.75 Å². The molecule has 0 spiro atoms. The van der Waals surface area contributed by atoms with E-state index in [0.29, 0.717) is 39.0 Å². The van der Waals surface area contributed by atoms with Gasteiger partial charge in [-0.05, 0) is 84.8 Å². The number of methoxy groups -OCH3 is 1. The van der Waals surface area contributed by atoms with Crippen LogP contribution in [0.1, 0.15) is 21.5 Å². The molecule has 0 saturated carbocycles. The molecule has 0 unspecified atom stereocenters. The quantitative estimate of drug-likeness (QED) is 0.237. The summed E-state index contributed by atoms with van der Waals surface area (Å²) in [4.78, 5) is 12.8. The van der Waals surface area contributed by atoms with Crippen LogP contribution in [0.4, 0.5) is 17.1 Å². The number of ether oxygens (including phenoxy) is 1. The molecule has 41 heavy (non-hydrogen) atoms. The van der Waals surface area contributed by atoms with Crippen molar-refractivity contribution < 1.29 is 26.4 Å². The second-order valence-electron chi connectivity index (χ2n) is 9.23. The fraction of sp³-hybridized carbons (Fsp3) is 0.138. The highest BCUT2D eigenvalue weighted by molar-refractivity contribution is 7.92. The molecule has 0 aliphatic rings. The number of nitrogens with one attached hydrogen (secondary N) is 2. The van der Waals surface area contributed by atoms with Gasteiger partial charge in [-0.25, -0.2) is 16.8 Å². The molecule has 0 saturated heterocycles. The Morgan fingerprint density at radius 3 is 2.20 bits per heavy atom. The van der Waals surface area contributed by atoms with Crippen molar-refractivity contribution >= 4 is 54.6 Å². The molecule has 0 heterocycles. The van der Waals surface area contributed by atoms with E-state index in [2.05, 4.69) is 10.0 Å². The minimum absolute atomic E-state index is 0.0125. The van der Waals surface area contributed by atoms with Gasteiger partial charge in [-0.3, -0.25) is 13.8 Å². The summed E-state index contributed by atoms with van der Waals surface area (Å²) in [6, 6.07) is 24.0. The van der Waals surface area contributed by atoms with Crippen LogP contribution in [0.5, 0.6) is 5.75 Å². The summed E-state index contributed by atoms with van der Waals surface area (Å²) < 4.78 is 59.7. The molecule has 0 atom stereocenters. The Balaban J connectivity index is 1.43. The lowest BCUT2D eigenvalue weighted by Crippen LogP contribution is -2.29. The Kier molecular flexibility index (Phi) is 8.91. The van der Waals surface area contributed by atoms with Crippen molar-refractivity contribution in [2.24, 2.45) is 0 Å². The molecule has 214 valence electrons. The summed E-state index contributed by atoms with van der Waals surface area (Å²) in [5.74, 6) is -0.0212. The summed E-state index contributed by atoms with van der Waals surface area (Å²) in [5.41, 5.74) is 3.02. The van der Waals surface area contributed by atoms with Gasteiger partial charge in [-0.2, -0.15) is 0 Å². The van der Waals surface area contributed by atoms with Gasteiger partial charge in [0.2, 0.25) is 10.0 Å². The number of benzene rings is 4. The Morgan fingerprint density at radius 2 is 1.59 bits per heavy atom. The molecule has 0 aliphatic heterocycles. The van der Waals surface area contributed by atoms with Gasteiger partial charge in [0, 0.05) is 16.3 Å². The van der Waals surface area contributed by atoms with E-state index in [0.717, 1.165) is 11.8 Å². The standard InChI is InChI=1S/C29H28ClN3O6S2/c1-20-7-16-28(39-2)27(17-20)32-41(37,38)26-14-12-24(13-15-26)31-29(34)22-10-8-21(9-11-22)19-33(40(3,35)36)25-6-4-5-23(30)18-25/h4-18,32H,19H2,1-3H3,(H,31,34). The highest BCUT2D eigenvalue weighted by Crippen LogP contribution is 2.28. The van der Waals surface area contributed by atoms with Gasteiger partial charge >= 0.3 is 0 Å². The van der Waals surface area contributed by atoms with E-state index in [9.17, 15) is 21.6 Å². The largest absolute Gasteiger partial charge is 0.495 e. The topological polar surface area (TPSA) is 122 Å². The first-order chi connectivity index (χ1) is 19.4. The third-order valence-corrected chi connectivity index (χ3v) is 8.82. The van der Waals surface area contributed by atoms with E-state index >= 15 is 0 Å². The lowest BCUT2D eigenvalue weighted by Gasteiger charge is -2.22. The number of amides is 1. The van der Waals surface area contributed by atoms with Gasteiger partial charge in [0.25, 0.3) is 15.9 Å². The van der Waals surface area contributed by atoms with Crippen molar-refractivity contribution in [3.8, 4) is 5.75 Å². The molecular formula is C29H28ClN3O6S2. The van der Waals surface area contributed by atoms with Crippen molar-refractivity contribution in [2.45, 2.75) is 18.4 Å². The van der Waals surface area contributed by atoms with Crippen molar-refractivity contribution in [1.29, 1.82) is 0 Å². The van der Waals surface area contributed by atoms with Crippen LogP contribution in [0.15, 0.2) is 95.9 Å². The first-order valence-corrected chi connectivity index (χ1v) is 16.0. The van der Waals surface area contributed by atoms with E-state index in [1.54, 1.807) is 60.7 Å². The zero-order chi connectivity index (χ0) is 29.8. The molecule has 0 aromatic heterocycles. The molecular weight excluding hydrogens is 586 g/mol. The van der Waals surface area contributed by atoms with Crippen LogP contribution in [-0.4, -0.2) is 36.1 Å². The number of aryl methyl sites for hydroxylation is 1. The van der Waals surface area contributed by atoms with Crippen molar-refractivity contribution in [1.82, 2.24) is 0 Å². The first kappa shape index (κ1) is 29.9. The lowest BCUT2D eigenvalue weighted by molar-refractivity contribution is 0.102. The van der Waals surface area contributed by atoms with Crippen LogP contribution < -0.4 is 19.1 Å². The summed E-state index contributed by atoms with van der Waals surface area (Å²) in [6.07, 6.45) is 1.11. The summed E-state index contributed by atoms with van der Waals surface area (Å²) in [7, 11) is -6.04. The zero-order valence-electron chi connectivity index (χ0n) is 22.5. The number of carbonyl (C=O) groups is 1. The molecule has 0 radical (unpaired) electrons. The maximum atomic E-state index is 12.9. The molecule has 9 nitrogen and oxygen atoms in total. The van der Waals surface area contributed by atoms with Crippen LogP contribution in [-0.2, 0) is 26.6 Å². The highest BCUT2D eigenvalue weighted by atomic mass is 35.5. The molecule has 0 bridgehead atoms. The Morgan fingerprint density at radius 1 is 0.902 bits per heavy atom. The molecule has 1 amide bonds. The molecule has 0 fully saturated rings. The fourth-order valence-electron chi connectivity index (χ4n) is 3.98. The minimum atomic E-state index is -3.90. The van der Waals surface area contributed by atoms with E-state index in [1.807, 2.05) is 13.0 Å². The number of carbonyl (C=O) groups excluding carboxylic acids is 1. The highest BCUT2D eigenvalue weighted by Gasteiger charge is 2.19. The SMILES string of the molecule is COc1ccc(C)cc1NS(=O)(=O)c1ccc(NC(=O)c2ccc(CN(c3cccc(Cl)c3)S(C)(=O)=O)cc2)cc1. The van der Waals surface area contributed by atoms with E-state index in [1.165, 1.54) is 35.7 Å². The first-order valence-electron chi connectivity index (χ1n) is 12.3. The van der Waals surface area contributed by atoms with Crippen LogP contribution in [0.3, 0.4) is 0 Å². The van der Waals surface area contributed by atoms with E-state index in [-0.39, 0.29) is 11.4 Å². The average molecular weight is 614 g/mol. The lowest BCUT2D eigenvalue weighted by atomic mass is 10.1.